The number of rotatable bonds is 2. The normalized spacial score (nSPS) is 10.3. The molecule has 5 nitrogen and oxygen atoms in total. The van der Waals surface area contributed by atoms with E-state index in [4.69, 9.17) is 4.42 Å². The van der Waals surface area contributed by atoms with Gasteiger partial charge in [0.2, 0.25) is 5.89 Å². The highest BCUT2D eigenvalue weighted by Gasteiger charge is 2.14. The lowest BCUT2D eigenvalue weighted by Gasteiger charge is -2.02. The topological polar surface area (TPSA) is 68.0 Å². The summed E-state index contributed by atoms with van der Waals surface area (Å²) in [7, 11) is 0. The number of aromatic nitrogens is 2. The molecule has 2 aromatic rings. The van der Waals surface area contributed by atoms with Gasteiger partial charge in [0.1, 0.15) is 5.82 Å². The van der Waals surface area contributed by atoms with Crippen LogP contribution in [-0.4, -0.2) is 16.1 Å². The monoisotopic (exact) mass is 299 g/mol. The third kappa shape index (κ3) is 2.68. The van der Waals surface area contributed by atoms with E-state index < -0.39 is 11.7 Å². The molecule has 0 aliphatic heterocycles. The lowest BCUT2D eigenvalue weighted by molar-refractivity contribution is 0.102. The number of carbonyl (C=O) groups excluding carboxylic acids is 1. The zero-order chi connectivity index (χ0) is 12.4. The molecular weight excluding hydrogens is 293 g/mol. The molecule has 0 radical (unpaired) electrons. The second-order valence-electron chi connectivity index (χ2n) is 3.20. The Balaban J connectivity index is 2.20. The molecule has 0 saturated heterocycles. The number of hydrogen-bond acceptors (Lipinski definition) is 4. The number of carbonyl (C=O) groups is 1. The summed E-state index contributed by atoms with van der Waals surface area (Å²) in [6.45, 7) is 1.59. The van der Waals surface area contributed by atoms with Gasteiger partial charge in [0.05, 0.1) is 5.56 Å². The molecule has 0 saturated carbocycles. The first-order valence-corrected chi connectivity index (χ1v) is 5.42. The van der Waals surface area contributed by atoms with Crippen molar-refractivity contribution in [3.63, 3.8) is 0 Å². The minimum atomic E-state index is -0.640. The average molecular weight is 300 g/mol. The molecule has 0 aliphatic carbocycles. The molecule has 1 aromatic carbocycles. The number of aryl methyl sites for hydroxylation is 1. The van der Waals surface area contributed by atoms with Gasteiger partial charge in [0.25, 0.3) is 5.91 Å². The Hall–Kier alpha value is -1.76. The zero-order valence-electron chi connectivity index (χ0n) is 8.70. The van der Waals surface area contributed by atoms with Crippen molar-refractivity contribution < 1.29 is 13.6 Å². The standard InChI is InChI=1S/C10H7BrFN3O2/c1-5-14-15-10(17-5)13-9(16)7-3-2-6(11)4-8(7)12/h2-4H,1H3,(H,13,15,16). The SMILES string of the molecule is Cc1nnc(NC(=O)c2ccc(Br)cc2F)o1. The van der Waals surface area contributed by atoms with Gasteiger partial charge in [-0.15, -0.1) is 5.10 Å². The number of benzene rings is 1. The van der Waals surface area contributed by atoms with Crippen molar-refractivity contribution in [3.8, 4) is 0 Å². The second kappa shape index (κ2) is 4.62. The van der Waals surface area contributed by atoms with E-state index in [2.05, 4.69) is 31.4 Å². The molecule has 17 heavy (non-hydrogen) atoms. The molecular formula is C10H7BrFN3O2. The van der Waals surface area contributed by atoms with Gasteiger partial charge in [0.15, 0.2) is 0 Å². The van der Waals surface area contributed by atoms with E-state index >= 15 is 0 Å². The van der Waals surface area contributed by atoms with Gasteiger partial charge in [0, 0.05) is 11.4 Å². The number of halogens is 2. The predicted octanol–water partition coefficient (Wildman–Crippen LogP) is 2.53. The summed E-state index contributed by atoms with van der Waals surface area (Å²) < 4.78 is 19.0. The number of nitrogens with zero attached hydrogens (tertiary/aromatic N) is 2. The summed E-state index contributed by atoms with van der Waals surface area (Å²) in [5.41, 5.74) is -0.0935. The van der Waals surface area contributed by atoms with Gasteiger partial charge in [-0.05, 0) is 18.2 Å². The van der Waals surface area contributed by atoms with E-state index in [9.17, 15) is 9.18 Å². The highest BCUT2D eigenvalue weighted by atomic mass is 79.9. The molecule has 0 atom stereocenters. The predicted molar refractivity (Wildman–Crippen MR) is 61.1 cm³/mol. The molecule has 1 heterocycles. The van der Waals surface area contributed by atoms with Crippen molar-refractivity contribution in [2.75, 3.05) is 5.32 Å². The number of hydrogen-bond donors (Lipinski definition) is 1. The van der Waals surface area contributed by atoms with Crippen LogP contribution in [0.15, 0.2) is 27.1 Å². The number of anilines is 1. The molecule has 0 fully saturated rings. The summed E-state index contributed by atoms with van der Waals surface area (Å²) >= 11 is 3.10. The molecule has 7 heteroatoms. The van der Waals surface area contributed by atoms with Crippen molar-refractivity contribution in [1.82, 2.24) is 10.2 Å². The number of nitrogens with one attached hydrogen (secondary N) is 1. The van der Waals surface area contributed by atoms with Gasteiger partial charge in [-0.1, -0.05) is 21.0 Å². The van der Waals surface area contributed by atoms with Crippen molar-refractivity contribution >= 4 is 27.9 Å². The highest BCUT2D eigenvalue weighted by molar-refractivity contribution is 9.10. The second-order valence-corrected chi connectivity index (χ2v) is 4.12. The van der Waals surface area contributed by atoms with E-state index in [1.165, 1.54) is 12.1 Å². The molecule has 1 amide bonds. The van der Waals surface area contributed by atoms with Crippen LogP contribution >= 0.6 is 15.9 Å². The lowest BCUT2D eigenvalue weighted by atomic mass is 10.2. The Morgan fingerprint density at radius 2 is 2.24 bits per heavy atom. The van der Waals surface area contributed by atoms with Crippen LogP contribution in [0.1, 0.15) is 16.2 Å². The first kappa shape index (κ1) is 11.7. The third-order valence-electron chi connectivity index (χ3n) is 1.92. The molecule has 0 spiro atoms. The van der Waals surface area contributed by atoms with E-state index in [1.807, 2.05) is 0 Å². The summed E-state index contributed by atoms with van der Waals surface area (Å²) in [4.78, 5) is 11.7. The maximum Gasteiger partial charge on any atom is 0.322 e. The van der Waals surface area contributed by atoms with Crippen LogP contribution in [0.25, 0.3) is 0 Å². The van der Waals surface area contributed by atoms with Gasteiger partial charge in [-0.3, -0.25) is 10.1 Å². The zero-order valence-corrected chi connectivity index (χ0v) is 10.3. The van der Waals surface area contributed by atoms with Gasteiger partial charge in [-0.25, -0.2) is 4.39 Å². The molecule has 1 aromatic heterocycles. The third-order valence-corrected chi connectivity index (χ3v) is 2.42. The summed E-state index contributed by atoms with van der Waals surface area (Å²) in [5.74, 6) is -0.955. The molecule has 0 unspecified atom stereocenters. The number of amides is 1. The van der Waals surface area contributed by atoms with Crippen molar-refractivity contribution in [3.05, 3.63) is 39.9 Å². The van der Waals surface area contributed by atoms with E-state index in [-0.39, 0.29) is 11.6 Å². The highest BCUT2D eigenvalue weighted by Crippen LogP contribution is 2.16. The Morgan fingerprint density at radius 3 is 2.82 bits per heavy atom. The van der Waals surface area contributed by atoms with E-state index in [0.717, 1.165) is 0 Å². The molecule has 2 rings (SSSR count). The first-order chi connectivity index (χ1) is 8.06. The Labute approximate surface area is 104 Å². The van der Waals surface area contributed by atoms with Crippen molar-refractivity contribution in [2.45, 2.75) is 6.92 Å². The van der Waals surface area contributed by atoms with Gasteiger partial charge in [-0.2, -0.15) is 0 Å². The summed E-state index contributed by atoms with van der Waals surface area (Å²) in [5, 5.41) is 9.42. The molecule has 0 bridgehead atoms. The van der Waals surface area contributed by atoms with E-state index in [0.29, 0.717) is 10.4 Å². The Bertz CT molecular complexity index is 570. The lowest BCUT2D eigenvalue weighted by Crippen LogP contribution is -2.13. The molecule has 1 N–H and O–H groups in total. The molecule has 88 valence electrons. The summed E-state index contributed by atoms with van der Waals surface area (Å²) in [6.07, 6.45) is 0. The fraction of sp³-hybridized carbons (Fsp3) is 0.100. The minimum Gasteiger partial charge on any atom is -0.408 e. The van der Waals surface area contributed by atoms with Crippen LogP contribution in [0.3, 0.4) is 0 Å². The molecule has 0 aliphatic rings. The minimum absolute atomic E-state index is 0.0604. The maximum absolute atomic E-state index is 13.5. The van der Waals surface area contributed by atoms with Crippen LogP contribution in [0, 0.1) is 12.7 Å². The van der Waals surface area contributed by atoms with Crippen LogP contribution in [-0.2, 0) is 0 Å². The quantitative estimate of drug-likeness (QED) is 0.925. The average Bonchev–Trinajstić information content (AvgIpc) is 2.63. The van der Waals surface area contributed by atoms with Gasteiger partial charge < -0.3 is 4.42 Å². The first-order valence-electron chi connectivity index (χ1n) is 4.63. The fourth-order valence-electron chi connectivity index (χ4n) is 1.19. The maximum atomic E-state index is 13.5. The van der Waals surface area contributed by atoms with Crippen molar-refractivity contribution in [1.29, 1.82) is 0 Å². The van der Waals surface area contributed by atoms with Crippen LogP contribution in [0.5, 0.6) is 0 Å². The summed E-state index contributed by atoms with van der Waals surface area (Å²) in [6, 6.07) is 4.07. The van der Waals surface area contributed by atoms with Crippen LogP contribution in [0.4, 0.5) is 10.4 Å². The van der Waals surface area contributed by atoms with Crippen LogP contribution in [0.2, 0.25) is 0 Å². The largest absolute Gasteiger partial charge is 0.408 e. The van der Waals surface area contributed by atoms with Crippen LogP contribution < -0.4 is 5.32 Å². The van der Waals surface area contributed by atoms with Gasteiger partial charge >= 0.3 is 6.01 Å². The van der Waals surface area contributed by atoms with Crippen molar-refractivity contribution in [2.24, 2.45) is 0 Å². The van der Waals surface area contributed by atoms with E-state index in [1.54, 1.807) is 13.0 Å². The fourth-order valence-corrected chi connectivity index (χ4v) is 1.52. The Kier molecular flexibility index (Phi) is 3.19. The Morgan fingerprint density at radius 1 is 1.47 bits per heavy atom. The smallest absolute Gasteiger partial charge is 0.322 e.